The quantitative estimate of drug-likeness (QED) is 0.399. The molecule has 0 aliphatic carbocycles. The van der Waals surface area contributed by atoms with Gasteiger partial charge in [-0.15, -0.1) is 0 Å². The number of hydrogen-bond donors (Lipinski definition) is 0. The van der Waals surface area contributed by atoms with E-state index in [9.17, 15) is 23.6 Å². The Hall–Kier alpha value is -2.78. The summed E-state index contributed by atoms with van der Waals surface area (Å²) in [6.45, 7) is 7.79. The maximum absolute atomic E-state index is 12.8. The normalized spacial score (nSPS) is 12.0. The summed E-state index contributed by atoms with van der Waals surface area (Å²) in [6, 6.07) is 6.43. The van der Waals surface area contributed by atoms with Crippen LogP contribution in [0.4, 0.5) is 11.4 Å². The van der Waals surface area contributed by atoms with Crippen molar-refractivity contribution >= 4 is 27.6 Å². The van der Waals surface area contributed by atoms with Crippen LogP contribution in [-0.2, 0) is 10.0 Å². The molecule has 8 nitrogen and oxygen atoms in total. The molecule has 0 aliphatic heterocycles. The first kappa shape index (κ1) is 21.5. The lowest BCUT2D eigenvalue weighted by Gasteiger charge is -2.19. The van der Waals surface area contributed by atoms with E-state index in [1.54, 1.807) is 33.8 Å². The van der Waals surface area contributed by atoms with E-state index < -0.39 is 20.7 Å². The van der Waals surface area contributed by atoms with Gasteiger partial charge in [0.25, 0.3) is 5.69 Å². The molecule has 0 bridgehead atoms. The second-order valence-corrected chi connectivity index (χ2v) is 8.15. The number of benzene rings is 2. The van der Waals surface area contributed by atoms with Crippen molar-refractivity contribution in [2.24, 2.45) is 4.99 Å². The zero-order valence-electron chi connectivity index (χ0n) is 16.2. The molecule has 2 aromatic carbocycles. The molecular weight excluding hydrogens is 382 g/mol. The number of aliphatic imine (C=N–C) groups is 1. The molecule has 150 valence electrons. The molecule has 0 fully saturated rings. The van der Waals surface area contributed by atoms with Gasteiger partial charge in [-0.05, 0) is 42.7 Å². The maximum atomic E-state index is 12.8. The summed E-state index contributed by atoms with van der Waals surface area (Å²) in [4.78, 5) is 14.7. The molecule has 0 aliphatic rings. The molecule has 0 aromatic heterocycles. The highest BCUT2D eigenvalue weighted by Crippen LogP contribution is 2.29. The summed E-state index contributed by atoms with van der Waals surface area (Å²) in [5.74, 6) is -0.407. The van der Waals surface area contributed by atoms with E-state index in [0.29, 0.717) is 18.8 Å². The minimum Gasteiger partial charge on any atom is -0.872 e. The van der Waals surface area contributed by atoms with Crippen LogP contribution in [0.3, 0.4) is 0 Å². The van der Waals surface area contributed by atoms with Crippen LogP contribution in [0.15, 0.2) is 40.2 Å². The summed E-state index contributed by atoms with van der Waals surface area (Å²) < 4.78 is 27.0. The van der Waals surface area contributed by atoms with E-state index in [2.05, 4.69) is 4.99 Å². The SMILES string of the molecule is CCN(CC)S(=O)(=O)c1cc(C)c(C)c(N=Cc2cc([N+](=O)[O-])ccc2[O-])c1. The maximum Gasteiger partial charge on any atom is 0.270 e. The highest BCUT2D eigenvalue weighted by atomic mass is 32.2. The Morgan fingerprint density at radius 2 is 1.79 bits per heavy atom. The minimum absolute atomic E-state index is 0.0586. The van der Waals surface area contributed by atoms with Gasteiger partial charge in [-0.1, -0.05) is 25.7 Å². The lowest BCUT2D eigenvalue weighted by molar-refractivity contribution is -0.385. The van der Waals surface area contributed by atoms with Gasteiger partial charge in [-0.3, -0.25) is 15.1 Å². The fraction of sp³-hybridized carbons (Fsp3) is 0.316. The molecule has 0 amide bonds. The van der Waals surface area contributed by atoms with Gasteiger partial charge in [0, 0.05) is 31.4 Å². The average molecular weight is 404 g/mol. The smallest absolute Gasteiger partial charge is 0.270 e. The van der Waals surface area contributed by atoms with Crippen molar-refractivity contribution in [3.05, 3.63) is 57.1 Å². The number of aryl methyl sites for hydroxylation is 1. The highest BCUT2D eigenvalue weighted by molar-refractivity contribution is 7.89. The Bertz CT molecular complexity index is 1030. The second kappa shape index (κ2) is 8.49. The molecule has 0 N–H and O–H groups in total. The Kier molecular flexibility index (Phi) is 6.52. The predicted molar refractivity (Wildman–Crippen MR) is 106 cm³/mol. The van der Waals surface area contributed by atoms with Crippen LogP contribution in [-0.4, -0.2) is 37.0 Å². The number of nitro benzene ring substituents is 1. The van der Waals surface area contributed by atoms with Crippen LogP contribution in [0.25, 0.3) is 0 Å². The monoisotopic (exact) mass is 404 g/mol. The molecule has 0 unspecified atom stereocenters. The van der Waals surface area contributed by atoms with Gasteiger partial charge in [0.05, 0.1) is 15.5 Å². The van der Waals surface area contributed by atoms with Gasteiger partial charge >= 0.3 is 0 Å². The predicted octanol–water partition coefficient (Wildman–Crippen LogP) is 3.07. The number of rotatable bonds is 7. The van der Waals surface area contributed by atoms with E-state index in [0.717, 1.165) is 29.3 Å². The lowest BCUT2D eigenvalue weighted by Crippen LogP contribution is -2.30. The zero-order valence-corrected chi connectivity index (χ0v) is 17.0. The van der Waals surface area contributed by atoms with Crippen molar-refractivity contribution in [3.63, 3.8) is 0 Å². The van der Waals surface area contributed by atoms with Crippen LogP contribution in [0, 0.1) is 24.0 Å². The molecule has 0 radical (unpaired) electrons. The standard InChI is InChI=1S/C19H23N3O5S/c1-5-21(6-2)28(26,27)17-9-13(3)14(4)18(11-17)20-12-15-10-16(22(24)25)7-8-19(15)23/h7-12,23H,5-6H2,1-4H3/p-1. The number of nitrogens with zero attached hydrogens (tertiary/aromatic N) is 3. The molecule has 28 heavy (non-hydrogen) atoms. The first-order valence-electron chi connectivity index (χ1n) is 8.72. The van der Waals surface area contributed by atoms with E-state index in [1.807, 2.05) is 0 Å². The van der Waals surface area contributed by atoms with Crippen LogP contribution < -0.4 is 5.11 Å². The van der Waals surface area contributed by atoms with Gasteiger partial charge in [0.15, 0.2) is 0 Å². The van der Waals surface area contributed by atoms with Crippen molar-refractivity contribution in [2.75, 3.05) is 13.1 Å². The van der Waals surface area contributed by atoms with Gasteiger partial charge in [-0.25, -0.2) is 8.42 Å². The third kappa shape index (κ3) is 4.37. The van der Waals surface area contributed by atoms with Gasteiger partial charge in [0.2, 0.25) is 10.0 Å². The molecule has 9 heteroatoms. The Morgan fingerprint density at radius 3 is 2.36 bits per heavy atom. The molecule has 2 aromatic rings. The highest BCUT2D eigenvalue weighted by Gasteiger charge is 2.23. The third-order valence-electron chi connectivity index (χ3n) is 4.50. The number of nitro groups is 1. The van der Waals surface area contributed by atoms with Crippen molar-refractivity contribution < 1.29 is 18.4 Å². The Labute approximate surface area is 164 Å². The number of non-ortho nitro benzene ring substituents is 1. The first-order chi connectivity index (χ1) is 13.1. The van der Waals surface area contributed by atoms with Crippen molar-refractivity contribution in [3.8, 4) is 5.75 Å². The van der Waals surface area contributed by atoms with Crippen molar-refractivity contribution in [2.45, 2.75) is 32.6 Å². The first-order valence-corrected chi connectivity index (χ1v) is 10.2. The molecule has 0 saturated carbocycles. The number of sulfonamides is 1. The van der Waals surface area contributed by atoms with Crippen LogP contribution in [0.1, 0.15) is 30.5 Å². The van der Waals surface area contributed by atoms with Crippen molar-refractivity contribution in [1.82, 2.24) is 4.31 Å². The molecular formula is C19H22N3O5S-. The summed E-state index contributed by atoms with van der Waals surface area (Å²) in [7, 11) is -3.66. The molecule has 0 heterocycles. The van der Waals surface area contributed by atoms with Crippen LogP contribution in [0.2, 0.25) is 0 Å². The third-order valence-corrected chi connectivity index (χ3v) is 6.53. The van der Waals surface area contributed by atoms with Crippen molar-refractivity contribution in [1.29, 1.82) is 0 Å². The van der Waals surface area contributed by atoms with Gasteiger partial charge < -0.3 is 5.11 Å². The minimum atomic E-state index is -3.66. The zero-order chi connectivity index (χ0) is 21.1. The lowest BCUT2D eigenvalue weighted by atomic mass is 10.1. The summed E-state index contributed by atoms with van der Waals surface area (Å²) in [5, 5.41) is 22.8. The van der Waals surface area contributed by atoms with Gasteiger partial charge in [0.1, 0.15) is 0 Å². The summed E-state index contributed by atoms with van der Waals surface area (Å²) in [5.41, 5.74) is 1.72. The second-order valence-electron chi connectivity index (χ2n) is 6.21. The molecule has 0 saturated heterocycles. The molecule has 0 spiro atoms. The fourth-order valence-corrected chi connectivity index (χ4v) is 4.26. The average Bonchev–Trinajstić information content (AvgIpc) is 2.64. The molecule has 2 rings (SSSR count). The number of hydrogen-bond acceptors (Lipinski definition) is 6. The van der Waals surface area contributed by atoms with E-state index in [-0.39, 0.29) is 16.1 Å². The summed E-state index contributed by atoms with van der Waals surface area (Å²) >= 11 is 0. The van der Waals surface area contributed by atoms with Gasteiger partial charge in [-0.2, -0.15) is 4.31 Å². The van der Waals surface area contributed by atoms with E-state index >= 15 is 0 Å². The molecule has 0 atom stereocenters. The Balaban J connectivity index is 2.53. The largest absolute Gasteiger partial charge is 0.872 e. The van der Waals surface area contributed by atoms with Crippen LogP contribution in [0.5, 0.6) is 5.75 Å². The van der Waals surface area contributed by atoms with E-state index in [4.69, 9.17) is 0 Å². The fourth-order valence-electron chi connectivity index (χ4n) is 2.69. The topological polar surface area (TPSA) is 116 Å². The Morgan fingerprint density at radius 1 is 1.14 bits per heavy atom. The van der Waals surface area contributed by atoms with Crippen LogP contribution >= 0.6 is 0 Å². The summed E-state index contributed by atoms with van der Waals surface area (Å²) in [6.07, 6.45) is 1.23. The van der Waals surface area contributed by atoms with E-state index in [1.165, 1.54) is 16.6 Å².